The fourth-order valence-electron chi connectivity index (χ4n) is 3.18. The average Bonchev–Trinajstić information content (AvgIpc) is 2.81. The van der Waals surface area contributed by atoms with Gasteiger partial charge in [-0.05, 0) is 54.0 Å². The van der Waals surface area contributed by atoms with E-state index >= 15 is 0 Å². The molecule has 0 unspecified atom stereocenters. The van der Waals surface area contributed by atoms with Crippen molar-refractivity contribution in [1.82, 2.24) is 0 Å². The third-order valence-corrected chi connectivity index (χ3v) is 4.85. The smallest absolute Gasteiger partial charge is 0.203 e. The van der Waals surface area contributed by atoms with Crippen LogP contribution in [-0.2, 0) is 0 Å². The van der Waals surface area contributed by atoms with Crippen molar-refractivity contribution in [3.63, 3.8) is 0 Å². The van der Waals surface area contributed by atoms with Gasteiger partial charge in [0.05, 0.1) is 46.7 Å². The molecule has 166 valence electrons. The maximum absolute atomic E-state index is 9.75. The third-order valence-electron chi connectivity index (χ3n) is 4.85. The summed E-state index contributed by atoms with van der Waals surface area (Å²) in [5.74, 6) is 2.86. The molecule has 0 atom stereocenters. The number of methoxy groups -OCH3 is 4. The van der Waals surface area contributed by atoms with Gasteiger partial charge in [0.15, 0.2) is 23.0 Å². The predicted molar refractivity (Wildman–Crippen MR) is 122 cm³/mol. The topological polar surface area (TPSA) is 69.9 Å². The molecule has 2 aromatic carbocycles. The van der Waals surface area contributed by atoms with Crippen molar-refractivity contribution >= 4 is 11.6 Å². The Hall–Kier alpha value is -3.33. The van der Waals surface area contributed by atoms with Crippen molar-refractivity contribution in [2.45, 2.75) is 32.6 Å². The zero-order valence-electron chi connectivity index (χ0n) is 19.0. The Labute approximate surface area is 185 Å². The summed E-state index contributed by atoms with van der Waals surface area (Å²) >= 11 is 0. The first kappa shape index (κ1) is 23.9. The molecule has 0 fully saturated rings. The monoisotopic (exact) mass is 425 g/mol. The second-order valence-electron chi connectivity index (χ2n) is 6.90. The number of hydrogen-bond acceptors (Lipinski definition) is 6. The molecule has 0 aliphatic carbocycles. The lowest BCUT2D eigenvalue weighted by Crippen LogP contribution is -2.02. The fourth-order valence-corrected chi connectivity index (χ4v) is 3.18. The molecule has 0 spiro atoms. The van der Waals surface area contributed by atoms with E-state index in [1.54, 1.807) is 46.6 Å². The highest BCUT2D eigenvalue weighted by atomic mass is 16.5. The number of nitrogens with zero attached hydrogens (tertiary/aromatic N) is 1. The van der Waals surface area contributed by atoms with Crippen LogP contribution in [0.5, 0.6) is 28.7 Å². The molecule has 0 heterocycles. The maximum atomic E-state index is 9.75. The fraction of sp³-hybridized carbons (Fsp3) is 0.400. The van der Waals surface area contributed by atoms with Crippen molar-refractivity contribution in [3.8, 4) is 34.8 Å². The second-order valence-corrected chi connectivity index (χ2v) is 6.90. The molecule has 0 aliphatic heterocycles. The van der Waals surface area contributed by atoms with Crippen LogP contribution in [0.2, 0.25) is 0 Å². The van der Waals surface area contributed by atoms with E-state index in [0.29, 0.717) is 46.5 Å². The Kier molecular flexibility index (Phi) is 9.57. The van der Waals surface area contributed by atoms with E-state index < -0.39 is 0 Å². The standard InChI is InChI=1S/C25H31NO5/c1-6-7-8-9-12-31-25-23(29-4)14-18(15-24(25)30-5)13-20(17-26)19-10-11-21(27-2)22(16-19)28-3/h10-11,13-16H,6-9,12H2,1-5H3. The predicted octanol–water partition coefficient (Wildman–Crippen LogP) is 5.74. The molecule has 0 amide bonds. The van der Waals surface area contributed by atoms with E-state index in [4.69, 9.17) is 23.7 Å². The quantitative estimate of drug-likeness (QED) is 0.245. The first-order valence-electron chi connectivity index (χ1n) is 10.3. The second kappa shape index (κ2) is 12.4. The highest BCUT2D eigenvalue weighted by molar-refractivity contribution is 5.90. The van der Waals surface area contributed by atoms with Gasteiger partial charge in [0.2, 0.25) is 5.75 Å². The normalized spacial score (nSPS) is 10.9. The van der Waals surface area contributed by atoms with Crippen LogP contribution in [0.4, 0.5) is 0 Å². The van der Waals surface area contributed by atoms with Gasteiger partial charge >= 0.3 is 0 Å². The summed E-state index contributed by atoms with van der Waals surface area (Å²) in [4.78, 5) is 0. The van der Waals surface area contributed by atoms with Crippen molar-refractivity contribution in [2.75, 3.05) is 35.0 Å². The molecule has 0 radical (unpaired) electrons. The first-order chi connectivity index (χ1) is 15.1. The number of allylic oxidation sites excluding steroid dienone is 1. The van der Waals surface area contributed by atoms with E-state index in [9.17, 15) is 5.26 Å². The lowest BCUT2D eigenvalue weighted by Gasteiger charge is -2.15. The summed E-state index contributed by atoms with van der Waals surface area (Å²) in [5.41, 5.74) is 1.95. The highest BCUT2D eigenvalue weighted by Crippen LogP contribution is 2.40. The molecule has 0 bridgehead atoms. The summed E-state index contributed by atoms with van der Waals surface area (Å²) in [6, 6.07) is 11.3. The SMILES string of the molecule is CCCCCCOc1c(OC)cc(C=C(C#N)c2ccc(OC)c(OC)c2)cc1OC. The van der Waals surface area contributed by atoms with Crippen molar-refractivity contribution in [1.29, 1.82) is 5.26 Å². The number of unbranched alkanes of at least 4 members (excludes halogenated alkanes) is 3. The van der Waals surface area contributed by atoms with Gasteiger partial charge in [-0.25, -0.2) is 0 Å². The Morgan fingerprint density at radius 1 is 0.839 bits per heavy atom. The lowest BCUT2D eigenvalue weighted by molar-refractivity contribution is 0.267. The van der Waals surface area contributed by atoms with Gasteiger partial charge in [-0.3, -0.25) is 0 Å². The zero-order valence-corrected chi connectivity index (χ0v) is 19.0. The molecule has 6 heteroatoms. The van der Waals surface area contributed by atoms with Gasteiger partial charge in [0.25, 0.3) is 0 Å². The minimum atomic E-state index is 0.471. The summed E-state index contributed by atoms with van der Waals surface area (Å²) in [6.07, 6.45) is 6.24. The lowest BCUT2D eigenvalue weighted by atomic mass is 10.0. The Bertz CT molecular complexity index is 905. The number of nitriles is 1. The maximum Gasteiger partial charge on any atom is 0.203 e. The summed E-state index contributed by atoms with van der Waals surface area (Å²) in [7, 11) is 6.32. The number of rotatable bonds is 12. The van der Waals surface area contributed by atoms with Gasteiger partial charge < -0.3 is 23.7 Å². The van der Waals surface area contributed by atoms with Gasteiger partial charge in [-0.15, -0.1) is 0 Å². The molecule has 0 saturated carbocycles. The van der Waals surface area contributed by atoms with Gasteiger partial charge in [0, 0.05) is 0 Å². The summed E-state index contributed by atoms with van der Waals surface area (Å²) in [6.45, 7) is 2.77. The first-order valence-corrected chi connectivity index (χ1v) is 10.3. The Balaban J connectivity index is 2.36. The molecular weight excluding hydrogens is 394 g/mol. The van der Waals surface area contributed by atoms with Crippen LogP contribution in [0.25, 0.3) is 11.6 Å². The molecule has 0 N–H and O–H groups in total. The Morgan fingerprint density at radius 3 is 2.03 bits per heavy atom. The van der Waals surface area contributed by atoms with Crippen LogP contribution in [0.1, 0.15) is 43.7 Å². The van der Waals surface area contributed by atoms with Gasteiger partial charge in [0.1, 0.15) is 0 Å². The molecule has 2 aromatic rings. The van der Waals surface area contributed by atoms with Crippen LogP contribution in [0.15, 0.2) is 30.3 Å². The zero-order chi connectivity index (χ0) is 22.6. The van der Waals surface area contributed by atoms with Crippen molar-refractivity contribution < 1.29 is 23.7 Å². The van der Waals surface area contributed by atoms with E-state index in [2.05, 4.69) is 13.0 Å². The van der Waals surface area contributed by atoms with Crippen molar-refractivity contribution in [2.24, 2.45) is 0 Å². The number of ether oxygens (including phenoxy) is 5. The minimum Gasteiger partial charge on any atom is -0.493 e. The van der Waals surface area contributed by atoms with Crippen LogP contribution < -0.4 is 23.7 Å². The third kappa shape index (κ3) is 6.32. The summed E-state index contributed by atoms with van der Waals surface area (Å²) in [5, 5.41) is 9.75. The molecule has 6 nitrogen and oxygen atoms in total. The van der Waals surface area contributed by atoms with Crippen LogP contribution >= 0.6 is 0 Å². The molecule has 0 aromatic heterocycles. The van der Waals surface area contributed by atoms with Gasteiger partial charge in [-0.1, -0.05) is 26.2 Å². The molecule has 31 heavy (non-hydrogen) atoms. The molecular formula is C25H31NO5. The van der Waals surface area contributed by atoms with E-state index in [1.165, 1.54) is 12.8 Å². The molecule has 0 aliphatic rings. The molecule has 2 rings (SSSR count). The van der Waals surface area contributed by atoms with E-state index in [-0.39, 0.29) is 0 Å². The van der Waals surface area contributed by atoms with Crippen LogP contribution in [0.3, 0.4) is 0 Å². The number of benzene rings is 2. The van der Waals surface area contributed by atoms with Crippen molar-refractivity contribution in [3.05, 3.63) is 41.5 Å². The van der Waals surface area contributed by atoms with E-state index in [1.807, 2.05) is 18.2 Å². The van der Waals surface area contributed by atoms with Gasteiger partial charge in [-0.2, -0.15) is 5.26 Å². The average molecular weight is 426 g/mol. The molecule has 0 saturated heterocycles. The largest absolute Gasteiger partial charge is 0.493 e. The Morgan fingerprint density at radius 2 is 1.48 bits per heavy atom. The van der Waals surface area contributed by atoms with E-state index in [0.717, 1.165) is 18.4 Å². The van der Waals surface area contributed by atoms with Crippen LogP contribution in [-0.4, -0.2) is 35.0 Å². The summed E-state index contributed by atoms with van der Waals surface area (Å²) < 4.78 is 27.7. The number of hydrogen-bond donors (Lipinski definition) is 0. The van der Waals surface area contributed by atoms with Crippen LogP contribution in [0, 0.1) is 11.3 Å². The highest BCUT2D eigenvalue weighted by Gasteiger charge is 2.15. The minimum absolute atomic E-state index is 0.471.